The highest BCUT2D eigenvalue weighted by Crippen LogP contribution is 2.16. The van der Waals surface area contributed by atoms with Gasteiger partial charge in [-0.05, 0) is 55.0 Å². The summed E-state index contributed by atoms with van der Waals surface area (Å²) in [6.45, 7) is 1.77. The summed E-state index contributed by atoms with van der Waals surface area (Å²) in [6.07, 6.45) is 0. The summed E-state index contributed by atoms with van der Waals surface area (Å²) in [5.74, 6) is -0.550. The SMILES string of the molecule is Cc1cc(F)cc(C(=O)c2ccc(Br)cc2)c1. The van der Waals surface area contributed by atoms with Gasteiger partial charge in [0.1, 0.15) is 5.82 Å². The third kappa shape index (κ3) is 2.80. The third-order valence-corrected chi connectivity index (χ3v) is 2.94. The van der Waals surface area contributed by atoms with Gasteiger partial charge in [0.15, 0.2) is 5.78 Å². The molecule has 0 amide bonds. The summed E-state index contributed by atoms with van der Waals surface area (Å²) >= 11 is 3.30. The van der Waals surface area contributed by atoms with Gasteiger partial charge in [0.2, 0.25) is 0 Å². The molecular weight excluding hydrogens is 283 g/mol. The molecule has 86 valence electrons. The first-order chi connectivity index (χ1) is 8.06. The Morgan fingerprint density at radius 2 is 1.71 bits per heavy atom. The van der Waals surface area contributed by atoms with Crippen LogP contribution in [0.25, 0.3) is 0 Å². The van der Waals surface area contributed by atoms with Crippen LogP contribution in [-0.4, -0.2) is 5.78 Å². The van der Waals surface area contributed by atoms with Crippen molar-refractivity contribution in [3.8, 4) is 0 Å². The van der Waals surface area contributed by atoms with Crippen molar-refractivity contribution < 1.29 is 9.18 Å². The number of carbonyl (C=O) groups excluding carboxylic acids is 1. The molecule has 2 rings (SSSR count). The number of hydrogen-bond acceptors (Lipinski definition) is 1. The predicted molar refractivity (Wildman–Crippen MR) is 68.7 cm³/mol. The molecule has 0 bridgehead atoms. The highest BCUT2D eigenvalue weighted by molar-refractivity contribution is 9.10. The zero-order valence-electron chi connectivity index (χ0n) is 9.21. The topological polar surface area (TPSA) is 17.1 Å². The highest BCUT2D eigenvalue weighted by atomic mass is 79.9. The molecular formula is C14H10BrFO. The smallest absolute Gasteiger partial charge is 0.193 e. The molecule has 17 heavy (non-hydrogen) atoms. The first-order valence-electron chi connectivity index (χ1n) is 5.14. The van der Waals surface area contributed by atoms with Crippen molar-refractivity contribution in [2.45, 2.75) is 6.92 Å². The lowest BCUT2D eigenvalue weighted by molar-refractivity contribution is 0.103. The lowest BCUT2D eigenvalue weighted by Gasteiger charge is -2.03. The monoisotopic (exact) mass is 292 g/mol. The van der Waals surface area contributed by atoms with Gasteiger partial charge in [-0.3, -0.25) is 4.79 Å². The van der Waals surface area contributed by atoms with E-state index in [-0.39, 0.29) is 11.6 Å². The number of ketones is 1. The average molecular weight is 293 g/mol. The second kappa shape index (κ2) is 4.80. The highest BCUT2D eigenvalue weighted by Gasteiger charge is 2.10. The van der Waals surface area contributed by atoms with E-state index >= 15 is 0 Å². The number of carbonyl (C=O) groups is 1. The van der Waals surface area contributed by atoms with Crippen molar-refractivity contribution in [2.24, 2.45) is 0 Å². The number of hydrogen-bond donors (Lipinski definition) is 0. The molecule has 0 radical (unpaired) electrons. The average Bonchev–Trinajstić information content (AvgIpc) is 2.28. The Labute approximate surface area is 107 Å². The molecule has 2 aromatic rings. The van der Waals surface area contributed by atoms with Crippen molar-refractivity contribution in [1.82, 2.24) is 0 Å². The molecule has 0 unspecified atom stereocenters. The number of rotatable bonds is 2. The van der Waals surface area contributed by atoms with E-state index in [1.165, 1.54) is 12.1 Å². The van der Waals surface area contributed by atoms with E-state index in [1.807, 2.05) is 0 Å². The van der Waals surface area contributed by atoms with Crippen molar-refractivity contribution in [3.05, 3.63) is 69.4 Å². The first kappa shape index (κ1) is 12.0. The number of aryl methyl sites for hydroxylation is 1. The lowest BCUT2D eigenvalue weighted by atomic mass is 10.0. The fourth-order valence-corrected chi connectivity index (χ4v) is 1.90. The van der Waals surface area contributed by atoms with Crippen molar-refractivity contribution in [1.29, 1.82) is 0 Å². The summed E-state index contributed by atoms with van der Waals surface area (Å²) in [5.41, 5.74) is 1.67. The summed E-state index contributed by atoms with van der Waals surface area (Å²) in [4.78, 5) is 12.1. The van der Waals surface area contributed by atoms with Crippen LogP contribution in [0.2, 0.25) is 0 Å². The van der Waals surface area contributed by atoms with Gasteiger partial charge in [0.05, 0.1) is 0 Å². The zero-order chi connectivity index (χ0) is 12.4. The second-order valence-corrected chi connectivity index (χ2v) is 4.77. The van der Waals surface area contributed by atoms with E-state index in [0.717, 1.165) is 10.0 Å². The zero-order valence-corrected chi connectivity index (χ0v) is 10.8. The van der Waals surface area contributed by atoms with Crippen LogP contribution in [-0.2, 0) is 0 Å². The van der Waals surface area contributed by atoms with Gasteiger partial charge in [-0.2, -0.15) is 0 Å². The summed E-state index contributed by atoms with van der Waals surface area (Å²) < 4.78 is 14.1. The minimum Gasteiger partial charge on any atom is -0.289 e. The van der Waals surface area contributed by atoms with E-state index in [4.69, 9.17) is 0 Å². The van der Waals surface area contributed by atoms with Gasteiger partial charge in [-0.15, -0.1) is 0 Å². The number of benzene rings is 2. The van der Waals surface area contributed by atoms with Crippen LogP contribution < -0.4 is 0 Å². The van der Waals surface area contributed by atoms with Crippen LogP contribution in [0.15, 0.2) is 46.9 Å². The van der Waals surface area contributed by atoms with E-state index in [1.54, 1.807) is 37.3 Å². The van der Waals surface area contributed by atoms with E-state index in [0.29, 0.717) is 11.1 Å². The van der Waals surface area contributed by atoms with Gasteiger partial charge in [0.25, 0.3) is 0 Å². The maximum atomic E-state index is 13.2. The molecule has 0 aliphatic rings. The molecule has 0 aromatic heterocycles. The molecule has 0 aliphatic carbocycles. The molecule has 3 heteroatoms. The molecule has 0 heterocycles. The Hall–Kier alpha value is -1.48. The molecule has 0 atom stereocenters. The molecule has 2 aromatic carbocycles. The largest absolute Gasteiger partial charge is 0.289 e. The Balaban J connectivity index is 2.40. The maximum Gasteiger partial charge on any atom is 0.193 e. The quantitative estimate of drug-likeness (QED) is 0.761. The Morgan fingerprint density at radius 1 is 1.06 bits per heavy atom. The molecule has 0 saturated carbocycles. The van der Waals surface area contributed by atoms with Crippen molar-refractivity contribution >= 4 is 21.7 Å². The second-order valence-electron chi connectivity index (χ2n) is 3.85. The van der Waals surface area contributed by atoms with Crippen LogP contribution in [0.5, 0.6) is 0 Å². The Kier molecular flexibility index (Phi) is 3.38. The van der Waals surface area contributed by atoms with Crippen LogP contribution in [0.1, 0.15) is 21.5 Å². The van der Waals surface area contributed by atoms with Crippen molar-refractivity contribution in [3.63, 3.8) is 0 Å². The minimum atomic E-state index is -0.384. The summed E-state index contributed by atoms with van der Waals surface area (Å²) in [6, 6.07) is 11.4. The van der Waals surface area contributed by atoms with Crippen LogP contribution in [0.3, 0.4) is 0 Å². The van der Waals surface area contributed by atoms with Gasteiger partial charge in [0, 0.05) is 15.6 Å². The minimum absolute atomic E-state index is 0.167. The van der Waals surface area contributed by atoms with Crippen LogP contribution in [0, 0.1) is 12.7 Å². The van der Waals surface area contributed by atoms with E-state index < -0.39 is 0 Å². The van der Waals surface area contributed by atoms with Gasteiger partial charge < -0.3 is 0 Å². The summed E-state index contributed by atoms with van der Waals surface area (Å²) in [7, 11) is 0. The predicted octanol–water partition coefficient (Wildman–Crippen LogP) is 4.13. The van der Waals surface area contributed by atoms with E-state index in [2.05, 4.69) is 15.9 Å². The van der Waals surface area contributed by atoms with E-state index in [9.17, 15) is 9.18 Å². The molecule has 0 N–H and O–H groups in total. The van der Waals surface area contributed by atoms with Crippen molar-refractivity contribution in [2.75, 3.05) is 0 Å². The molecule has 0 spiro atoms. The molecule has 1 nitrogen and oxygen atoms in total. The third-order valence-electron chi connectivity index (χ3n) is 2.41. The summed E-state index contributed by atoms with van der Waals surface area (Å²) in [5, 5.41) is 0. The first-order valence-corrected chi connectivity index (χ1v) is 5.93. The van der Waals surface area contributed by atoms with Gasteiger partial charge >= 0.3 is 0 Å². The molecule has 0 saturated heterocycles. The van der Waals surface area contributed by atoms with Crippen LogP contribution in [0.4, 0.5) is 4.39 Å². The van der Waals surface area contributed by atoms with Gasteiger partial charge in [-0.25, -0.2) is 4.39 Å². The Bertz CT molecular complexity index is 541. The Morgan fingerprint density at radius 3 is 2.29 bits per heavy atom. The molecule has 0 fully saturated rings. The normalized spacial score (nSPS) is 10.3. The molecule has 0 aliphatic heterocycles. The fraction of sp³-hybridized carbons (Fsp3) is 0.0714. The maximum absolute atomic E-state index is 13.2. The number of halogens is 2. The van der Waals surface area contributed by atoms with Gasteiger partial charge in [-0.1, -0.05) is 15.9 Å². The van der Waals surface area contributed by atoms with Crippen LogP contribution >= 0.6 is 15.9 Å². The lowest BCUT2D eigenvalue weighted by Crippen LogP contribution is -2.02. The fourth-order valence-electron chi connectivity index (χ4n) is 1.64. The standard InChI is InChI=1S/C14H10BrFO/c1-9-6-11(8-13(16)7-9)14(17)10-2-4-12(15)5-3-10/h2-8H,1H3.